The zero-order valence-corrected chi connectivity index (χ0v) is 21.3. The first-order chi connectivity index (χ1) is 15.8. The number of thiophene rings is 1. The Labute approximate surface area is 203 Å². The number of esters is 1. The molecule has 1 heterocycles. The van der Waals surface area contributed by atoms with Gasteiger partial charge in [0.15, 0.2) is 0 Å². The van der Waals surface area contributed by atoms with Gasteiger partial charge in [-0.3, -0.25) is 9.59 Å². The van der Waals surface area contributed by atoms with Gasteiger partial charge in [-0.2, -0.15) is 0 Å². The van der Waals surface area contributed by atoms with Crippen molar-refractivity contribution in [2.75, 3.05) is 17.7 Å². The molecular weight excluding hydrogens is 456 g/mol. The molecular formula is C25H32N2O4S2. The number of carbonyl (C=O) groups excluding carboxylic acids is 3. The molecule has 33 heavy (non-hydrogen) atoms. The van der Waals surface area contributed by atoms with E-state index in [0.29, 0.717) is 22.9 Å². The van der Waals surface area contributed by atoms with Crippen LogP contribution in [-0.2, 0) is 27.2 Å². The van der Waals surface area contributed by atoms with Crippen LogP contribution in [0.2, 0.25) is 0 Å². The Balaban J connectivity index is 1.69. The van der Waals surface area contributed by atoms with E-state index in [1.807, 2.05) is 31.2 Å². The maximum absolute atomic E-state index is 13.0. The van der Waals surface area contributed by atoms with Crippen molar-refractivity contribution in [3.63, 3.8) is 0 Å². The SMILES string of the molecule is CCCCC(=O)Nc1cccc(SC(C)C(=O)Nc2sc3c(c2C(=O)OC)CCC(C)C3)c1. The van der Waals surface area contributed by atoms with Gasteiger partial charge < -0.3 is 15.4 Å². The predicted molar refractivity (Wildman–Crippen MR) is 135 cm³/mol. The minimum absolute atomic E-state index is 0.00360. The lowest BCUT2D eigenvalue weighted by atomic mass is 9.88. The van der Waals surface area contributed by atoms with Crippen molar-refractivity contribution in [1.82, 2.24) is 0 Å². The fraction of sp³-hybridized carbons (Fsp3) is 0.480. The first kappa shape index (κ1) is 25.3. The molecule has 1 aliphatic rings. The van der Waals surface area contributed by atoms with Crippen LogP contribution in [0.5, 0.6) is 0 Å². The van der Waals surface area contributed by atoms with Gasteiger partial charge in [0.2, 0.25) is 11.8 Å². The normalized spacial score (nSPS) is 15.9. The highest BCUT2D eigenvalue weighted by Gasteiger charge is 2.29. The number of carbonyl (C=O) groups is 3. The van der Waals surface area contributed by atoms with Crippen molar-refractivity contribution in [1.29, 1.82) is 0 Å². The second-order valence-corrected chi connectivity index (χ2v) is 11.0. The summed E-state index contributed by atoms with van der Waals surface area (Å²) in [5.74, 6) is -0.0103. The van der Waals surface area contributed by atoms with Gasteiger partial charge in [-0.25, -0.2) is 4.79 Å². The molecule has 2 unspecified atom stereocenters. The topological polar surface area (TPSA) is 84.5 Å². The van der Waals surface area contributed by atoms with E-state index in [2.05, 4.69) is 24.5 Å². The molecule has 178 valence electrons. The minimum Gasteiger partial charge on any atom is -0.465 e. The van der Waals surface area contributed by atoms with Gasteiger partial charge in [-0.05, 0) is 62.3 Å². The van der Waals surface area contributed by atoms with Crippen molar-refractivity contribution in [2.24, 2.45) is 5.92 Å². The lowest BCUT2D eigenvalue weighted by Crippen LogP contribution is -2.23. The fourth-order valence-electron chi connectivity index (χ4n) is 3.84. The number of nitrogens with one attached hydrogen (secondary N) is 2. The third kappa shape index (κ3) is 6.60. The minimum atomic E-state index is -0.399. The van der Waals surface area contributed by atoms with Crippen LogP contribution in [0, 0.1) is 5.92 Å². The number of benzene rings is 1. The van der Waals surface area contributed by atoms with Crippen LogP contribution < -0.4 is 10.6 Å². The maximum Gasteiger partial charge on any atom is 0.341 e. The number of methoxy groups -OCH3 is 1. The highest BCUT2D eigenvalue weighted by molar-refractivity contribution is 8.00. The van der Waals surface area contributed by atoms with Gasteiger partial charge in [-0.1, -0.05) is 26.3 Å². The number of ether oxygens (including phenoxy) is 1. The molecule has 2 N–H and O–H groups in total. The van der Waals surface area contributed by atoms with Gasteiger partial charge in [0.1, 0.15) is 5.00 Å². The fourth-order valence-corrected chi connectivity index (χ4v) is 6.16. The second-order valence-electron chi connectivity index (χ2n) is 8.48. The lowest BCUT2D eigenvalue weighted by Gasteiger charge is -2.18. The first-order valence-electron chi connectivity index (χ1n) is 11.4. The summed E-state index contributed by atoms with van der Waals surface area (Å²) in [6, 6.07) is 7.51. The Morgan fingerprint density at radius 3 is 2.79 bits per heavy atom. The summed E-state index contributed by atoms with van der Waals surface area (Å²) < 4.78 is 5.01. The summed E-state index contributed by atoms with van der Waals surface area (Å²) >= 11 is 2.90. The van der Waals surface area contributed by atoms with Crippen molar-refractivity contribution in [3.8, 4) is 0 Å². The van der Waals surface area contributed by atoms with Crippen LogP contribution in [0.1, 0.15) is 67.3 Å². The number of hydrogen-bond donors (Lipinski definition) is 2. The van der Waals surface area contributed by atoms with E-state index in [1.165, 1.54) is 30.2 Å². The molecule has 2 atom stereocenters. The highest BCUT2D eigenvalue weighted by atomic mass is 32.2. The van der Waals surface area contributed by atoms with Crippen molar-refractivity contribution >= 4 is 51.6 Å². The highest BCUT2D eigenvalue weighted by Crippen LogP contribution is 2.40. The molecule has 0 radical (unpaired) electrons. The Morgan fingerprint density at radius 1 is 1.27 bits per heavy atom. The van der Waals surface area contributed by atoms with Gasteiger partial charge in [0.25, 0.3) is 0 Å². The van der Waals surface area contributed by atoms with E-state index in [0.717, 1.165) is 53.1 Å². The summed E-state index contributed by atoms with van der Waals surface area (Å²) in [5, 5.41) is 6.08. The first-order valence-corrected chi connectivity index (χ1v) is 13.1. The molecule has 0 saturated carbocycles. The van der Waals surface area contributed by atoms with Crippen LogP contribution in [0.15, 0.2) is 29.2 Å². The van der Waals surface area contributed by atoms with Crippen LogP contribution >= 0.6 is 23.1 Å². The van der Waals surface area contributed by atoms with Crippen molar-refractivity contribution < 1.29 is 19.1 Å². The van der Waals surface area contributed by atoms with Gasteiger partial charge in [0.05, 0.1) is 17.9 Å². The summed E-state index contributed by atoms with van der Waals surface area (Å²) in [6.07, 6.45) is 5.10. The maximum atomic E-state index is 13.0. The molecule has 0 spiro atoms. The van der Waals surface area contributed by atoms with Gasteiger partial charge in [0, 0.05) is 21.9 Å². The third-order valence-corrected chi connectivity index (χ3v) is 7.96. The number of anilines is 2. The zero-order valence-electron chi connectivity index (χ0n) is 19.7. The monoisotopic (exact) mass is 488 g/mol. The summed E-state index contributed by atoms with van der Waals surface area (Å²) in [4.78, 5) is 39.5. The Hall–Kier alpha value is -2.32. The Bertz CT molecular complexity index is 1020. The molecule has 3 rings (SSSR count). The van der Waals surface area contributed by atoms with Crippen molar-refractivity contribution in [2.45, 2.75) is 69.4 Å². The van der Waals surface area contributed by atoms with E-state index in [9.17, 15) is 14.4 Å². The molecule has 2 aromatic rings. The summed E-state index contributed by atoms with van der Waals surface area (Å²) in [5.41, 5.74) is 2.25. The molecule has 1 aromatic heterocycles. The van der Waals surface area contributed by atoms with Crippen LogP contribution in [0.4, 0.5) is 10.7 Å². The van der Waals surface area contributed by atoms with E-state index < -0.39 is 5.97 Å². The zero-order chi connectivity index (χ0) is 24.0. The van der Waals surface area contributed by atoms with E-state index in [-0.39, 0.29) is 17.1 Å². The molecule has 1 aromatic carbocycles. The van der Waals surface area contributed by atoms with Crippen LogP contribution in [-0.4, -0.2) is 30.1 Å². The summed E-state index contributed by atoms with van der Waals surface area (Å²) in [6.45, 7) is 6.09. The van der Waals surface area contributed by atoms with Crippen molar-refractivity contribution in [3.05, 3.63) is 40.3 Å². The Morgan fingerprint density at radius 2 is 2.06 bits per heavy atom. The average Bonchev–Trinajstić information content (AvgIpc) is 3.14. The molecule has 0 bridgehead atoms. The lowest BCUT2D eigenvalue weighted by molar-refractivity contribution is -0.116. The largest absolute Gasteiger partial charge is 0.465 e. The number of fused-ring (bicyclic) bond motifs is 1. The number of thioether (sulfide) groups is 1. The number of amides is 2. The smallest absolute Gasteiger partial charge is 0.341 e. The standard InChI is InChI=1S/C25H32N2O4S2/c1-5-6-10-21(28)26-17-8-7-9-18(14-17)32-16(3)23(29)27-24-22(25(30)31-4)19-12-11-15(2)13-20(19)33-24/h7-9,14-16H,5-6,10-13H2,1-4H3,(H,26,28)(H,27,29). The average molecular weight is 489 g/mol. The van der Waals surface area contributed by atoms with E-state index >= 15 is 0 Å². The number of rotatable bonds is 9. The molecule has 0 fully saturated rings. The van der Waals surface area contributed by atoms with E-state index in [1.54, 1.807) is 0 Å². The molecule has 6 nitrogen and oxygen atoms in total. The molecule has 8 heteroatoms. The quantitative estimate of drug-likeness (QED) is 0.339. The van der Waals surface area contributed by atoms with Gasteiger partial charge >= 0.3 is 5.97 Å². The molecule has 2 amide bonds. The summed E-state index contributed by atoms with van der Waals surface area (Å²) in [7, 11) is 1.37. The predicted octanol–water partition coefficient (Wildman–Crippen LogP) is 5.91. The van der Waals surface area contributed by atoms with Gasteiger partial charge in [-0.15, -0.1) is 23.1 Å². The van der Waals surface area contributed by atoms with Crippen LogP contribution in [0.25, 0.3) is 0 Å². The van der Waals surface area contributed by atoms with E-state index in [4.69, 9.17) is 4.74 Å². The Kier molecular flexibility index (Phi) is 8.97. The molecule has 0 saturated heterocycles. The number of unbranched alkanes of at least 4 members (excludes halogenated alkanes) is 1. The number of hydrogen-bond acceptors (Lipinski definition) is 6. The van der Waals surface area contributed by atoms with Crippen LogP contribution in [0.3, 0.4) is 0 Å². The third-order valence-electron chi connectivity index (χ3n) is 5.70. The molecule has 0 aliphatic heterocycles. The second kappa shape index (κ2) is 11.7. The molecule has 1 aliphatic carbocycles.